The van der Waals surface area contributed by atoms with Crippen LogP contribution in [-0.2, 0) is 15.1 Å². The summed E-state index contributed by atoms with van der Waals surface area (Å²) in [7, 11) is 1.50. The Hall–Kier alpha value is -2.44. The van der Waals surface area contributed by atoms with Gasteiger partial charge in [-0.1, -0.05) is 0 Å². The first-order valence-corrected chi connectivity index (χ1v) is 7.64. The molecule has 132 valence electrons. The highest BCUT2D eigenvalue weighted by Crippen LogP contribution is 2.42. The molecule has 0 bridgehead atoms. The fraction of sp³-hybridized carbons (Fsp3) is 0.529. The molecule has 7 heteroatoms. The summed E-state index contributed by atoms with van der Waals surface area (Å²) in [5, 5.41) is 2.59. The zero-order valence-electron chi connectivity index (χ0n) is 14.6. The highest BCUT2D eigenvalue weighted by molar-refractivity contribution is 5.78. The molecule has 0 radical (unpaired) electrons. The molecule has 1 aliphatic rings. The standard InChI is InChI=1S/C17H23NO6/c1-16(2,3)24-15(20)18-17(4,10-19)11-8-12(21-5)14-13(9-11)22-6-7-23-14/h8-10H,6-7H2,1-5H3,(H,18,20). The van der Waals surface area contributed by atoms with Crippen LogP contribution in [0.25, 0.3) is 0 Å². The largest absolute Gasteiger partial charge is 0.493 e. The fourth-order valence-corrected chi connectivity index (χ4v) is 2.26. The maximum atomic E-state index is 12.1. The lowest BCUT2D eigenvalue weighted by atomic mass is 9.93. The van der Waals surface area contributed by atoms with Gasteiger partial charge in [0.2, 0.25) is 5.75 Å². The highest BCUT2D eigenvalue weighted by Gasteiger charge is 2.33. The summed E-state index contributed by atoms with van der Waals surface area (Å²) in [5.41, 5.74) is -1.46. The van der Waals surface area contributed by atoms with Crippen LogP contribution in [0.15, 0.2) is 12.1 Å². The molecule has 1 N–H and O–H groups in total. The zero-order chi connectivity index (χ0) is 18.0. The van der Waals surface area contributed by atoms with E-state index < -0.39 is 17.2 Å². The van der Waals surface area contributed by atoms with Gasteiger partial charge in [-0.3, -0.25) is 0 Å². The number of amides is 1. The van der Waals surface area contributed by atoms with Crippen LogP contribution in [0, 0.1) is 0 Å². The number of carbonyl (C=O) groups excluding carboxylic acids is 2. The molecule has 7 nitrogen and oxygen atoms in total. The first-order valence-electron chi connectivity index (χ1n) is 7.64. The average Bonchev–Trinajstić information content (AvgIpc) is 2.51. The van der Waals surface area contributed by atoms with Crippen molar-refractivity contribution >= 4 is 12.4 Å². The minimum atomic E-state index is -1.30. The van der Waals surface area contributed by atoms with Gasteiger partial charge in [-0.15, -0.1) is 0 Å². The Bertz CT molecular complexity index is 619. The first-order chi connectivity index (χ1) is 11.2. The molecule has 1 atom stereocenters. The second kappa shape index (κ2) is 6.59. The van der Waals surface area contributed by atoms with Crippen molar-refractivity contribution in [1.29, 1.82) is 0 Å². The minimum Gasteiger partial charge on any atom is -0.493 e. The Morgan fingerprint density at radius 2 is 1.88 bits per heavy atom. The number of hydrogen-bond acceptors (Lipinski definition) is 6. The molecule has 2 rings (SSSR count). The minimum absolute atomic E-state index is 0.400. The van der Waals surface area contributed by atoms with E-state index in [-0.39, 0.29) is 0 Å². The van der Waals surface area contributed by atoms with Gasteiger partial charge < -0.3 is 29.1 Å². The third-order valence-electron chi connectivity index (χ3n) is 3.42. The molecule has 1 aromatic rings. The van der Waals surface area contributed by atoms with Gasteiger partial charge >= 0.3 is 6.09 Å². The molecule has 1 amide bonds. The smallest absolute Gasteiger partial charge is 0.408 e. The van der Waals surface area contributed by atoms with E-state index in [2.05, 4.69) is 5.32 Å². The van der Waals surface area contributed by atoms with Crippen LogP contribution >= 0.6 is 0 Å². The molecular weight excluding hydrogens is 314 g/mol. The molecule has 0 spiro atoms. The Kier molecular flexibility index (Phi) is 4.91. The number of hydrogen-bond donors (Lipinski definition) is 1. The van der Waals surface area contributed by atoms with Gasteiger partial charge in [0.05, 0.1) is 7.11 Å². The molecule has 0 aliphatic carbocycles. The van der Waals surface area contributed by atoms with Crippen molar-refractivity contribution < 1.29 is 28.5 Å². The van der Waals surface area contributed by atoms with Crippen LogP contribution in [0.2, 0.25) is 0 Å². The normalized spacial score (nSPS) is 15.9. The summed E-state index contributed by atoms with van der Waals surface area (Å²) in [6, 6.07) is 3.29. The Balaban J connectivity index is 2.35. The van der Waals surface area contributed by atoms with E-state index in [0.717, 1.165) is 0 Å². The average molecular weight is 337 g/mol. The number of ether oxygens (including phenoxy) is 4. The topological polar surface area (TPSA) is 83.1 Å². The number of aldehydes is 1. The monoisotopic (exact) mass is 337 g/mol. The van der Waals surface area contributed by atoms with Gasteiger partial charge in [-0.25, -0.2) is 4.79 Å². The molecule has 1 aromatic carbocycles. The number of nitrogens with one attached hydrogen (secondary N) is 1. The maximum Gasteiger partial charge on any atom is 0.408 e. The van der Waals surface area contributed by atoms with E-state index in [1.54, 1.807) is 39.8 Å². The van der Waals surface area contributed by atoms with Crippen LogP contribution in [0.5, 0.6) is 17.2 Å². The van der Waals surface area contributed by atoms with Gasteiger partial charge in [0.15, 0.2) is 11.5 Å². The molecule has 0 saturated carbocycles. The van der Waals surface area contributed by atoms with E-state index in [4.69, 9.17) is 18.9 Å². The van der Waals surface area contributed by atoms with Crippen molar-refractivity contribution in [2.45, 2.75) is 38.8 Å². The van der Waals surface area contributed by atoms with Crippen molar-refractivity contribution in [3.63, 3.8) is 0 Å². The number of methoxy groups -OCH3 is 1. The fourth-order valence-electron chi connectivity index (χ4n) is 2.26. The van der Waals surface area contributed by atoms with Crippen LogP contribution < -0.4 is 19.5 Å². The lowest BCUT2D eigenvalue weighted by molar-refractivity contribution is -0.113. The van der Waals surface area contributed by atoms with Crippen molar-refractivity contribution in [3.05, 3.63) is 17.7 Å². The lowest BCUT2D eigenvalue weighted by Gasteiger charge is -2.29. The number of carbonyl (C=O) groups is 2. The molecular formula is C17H23NO6. The summed E-state index contributed by atoms with van der Waals surface area (Å²) in [6.45, 7) is 7.64. The summed E-state index contributed by atoms with van der Waals surface area (Å²) in [5.74, 6) is 1.38. The summed E-state index contributed by atoms with van der Waals surface area (Å²) in [4.78, 5) is 23.8. The van der Waals surface area contributed by atoms with Crippen molar-refractivity contribution in [2.24, 2.45) is 0 Å². The van der Waals surface area contributed by atoms with Crippen LogP contribution in [-0.4, -0.2) is 38.3 Å². The van der Waals surface area contributed by atoms with E-state index in [1.165, 1.54) is 7.11 Å². The van der Waals surface area contributed by atoms with E-state index in [9.17, 15) is 9.59 Å². The molecule has 1 unspecified atom stereocenters. The van der Waals surface area contributed by atoms with Crippen LogP contribution in [0.3, 0.4) is 0 Å². The number of benzene rings is 1. The predicted octanol–water partition coefficient (Wildman–Crippen LogP) is 2.41. The van der Waals surface area contributed by atoms with Gasteiger partial charge in [-0.2, -0.15) is 0 Å². The Morgan fingerprint density at radius 1 is 1.21 bits per heavy atom. The van der Waals surface area contributed by atoms with Crippen LogP contribution in [0.1, 0.15) is 33.3 Å². The van der Waals surface area contributed by atoms with Gasteiger partial charge in [0.1, 0.15) is 30.6 Å². The van der Waals surface area contributed by atoms with E-state index >= 15 is 0 Å². The molecule has 0 fully saturated rings. The molecule has 1 aliphatic heterocycles. The Labute approximate surface area is 141 Å². The third-order valence-corrected chi connectivity index (χ3v) is 3.42. The van der Waals surface area contributed by atoms with Gasteiger partial charge in [0.25, 0.3) is 0 Å². The van der Waals surface area contributed by atoms with Crippen molar-refractivity contribution in [3.8, 4) is 17.2 Å². The Morgan fingerprint density at radius 3 is 2.46 bits per heavy atom. The summed E-state index contributed by atoms with van der Waals surface area (Å²) >= 11 is 0. The highest BCUT2D eigenvalue weighted by atomic mass is 16.6. The quantitative estimate of drug-likeness (QED) is 0.850. The molecule has 0 saturated heterocycles. The number of alkyl carbamates (subject to hydrolysis) is 1. The van der Waals surface area contributed by atoms with Crippen molar-refractivity contribution in [1.82, 2.24) is 5.32 Å². The first kappa shape index (κ1) is 17.9. The summed E-state index contributed by atoms with van der Waals surface area (Å²) in [6.07, 6.45) is -0.0483. The third kappa shape index (κ3) is 3.90. The van der Waals surface area contributed by atoms with Gasteiger partial charge in [-0.05, 0) is 45.4 Å². The summed E-state index contributed by atoms with van der Waals surface area (Å²) < 4.78 is 21.7. The SMILES string of the molecule is COc1cc(C(C)(C=O)NC(=O)OC(C)(C)C)cc2c1OCCO2. The van der Waals surface area contributed by atoms with Crippen LogP contribution in [0.4, 0.5) is 4.79 Å². The number of fused-ring (bicyclic) bond motifs is 1. The van der Waals surface area contributed by atoms with E-state index in [1.807, 2.05) is 0 Å². The molecule has 24 heavy (non-hydrogen) atoms. The zero-order valence-corrected chi connectivity index (χ0v) is 14.6. The van der Waals surface area contributed by atoms with Gasteiger partial charge in [0, 0.05) is 0 Å². The maximum absolute atomic E-state index is 12.1. The van der Waals surface area contributed by atoms with E-state index in [0.29, 0.717) is 42.3 Å². The lowest BCUT2D eigenvalue weighted by Crippen LogP contribution is -2.47. The second-order valence-electron chi connectivity index (χ2n) is 6.65. The second-order valence-corrected chi connectivity index (χ2v) is 6.65. The molecule has 0 aromatic heterocycles. The molecule has 1 heterocycles. The van der Waals surface area contributed by atoms with Crippen molar-refractivity contribution in [2.75, 3.05) is 20.3 Å². The predicted molar refractivity (Wildman–Crippen MR) is 86.8 cm³/mol. The number of rotatable bonds is 4.